The van der Waals surface area contributed by atoms with Crippen molar-refractivity contribution in [1.29, 1.82) is 0 Å². The van der Waals surface area contributed by atoms with Gasteiger partial charge in [0.1, 0.15) is 4.21 Å². The van der Waals surface area contributed by atoms with Crippen LogP contribution in [0.4, 0.5) is 5.69 Å². The fraction of sp³-hybridized carbons (Fsp3) is 0.421. The molecule has 1 amide bonds. The van der Waals surface area contributed by atoms with Gasteiger partial charge in [-0.15, -0.1) is 11.3 Å². The molecule has 1 aromatic heterocycles. The van der Waals surface area contributed by atoms with Crippen molar-refractivity contribution in [3.8, 4) is 0 Å². The van der Waals surface area contributed by atoms with Crippen molar-refractivity contribution in [3.05, 3.63) is 46.8 Å². The molecule has 5 nitrogen and oxygen atoms in total. The zero-order valence-electron chi connectivity index (χ0n) is 15.1. The third-order valence-corrected chi connectivity index (χ3v) is 7.94. The van der Waals surface area contributed by atoms with Gasteiger partial charge in [-0.1, -0.05) is 32.0 Å². The van der Waals surface area contributed by atoms with Crippen LogP contribution in [0.3, 0.4) is 0 Å². The molecule has 26 heavy (non-hydrogen) atoms. The summed E-state index contributed by atoms with van der Waals surface area (Å²) in [4.78, 5) is 13.2. The molecule has 3 rings (SSSR count). The number of benzene rings is 1. The van der Waals surface area contributed by atoms with Gasteiger partial charge in [0.25, 0.3) is 10.0 Å². The van der Waals surface area contributed by atoms with E-state index >= 15 is 0 Å². The molecule has 1 aliphatic rings. The number of hydrogen-bond donors (Lipinski definition) is 1. The Morgan fingerprint density at radius 1 is 1.15 bits per heavy atom. The normalized spacial score (nSPS) is 15.5. The third-order valence-electron chi connectivity index (χ3n) is 4.49. The van der Waals surface area contributed by atoms with Gasteiger partial charge in [-0.25, -0.2) is 8.42 Å². The lowest BCUT2D eigenvalue weighted by Crippen LogP contribution is -2.27. The van der Waals surface area contributed by atoms with E-state index in [1.807, 2.05) is 24.3 Å². The molecular formula is C19H24N2O3S2. The average Bonchev–Trinajstić information content (AvgIpc) is 3.27. The molecule has 2 aromatic rings. The van der Waals surface area contributed by atoms with Crippen molar-refractivity contribution in [2.24, 2.45) is 0 Å². The van der Waals surface area contributed by atoms with Gasteiger partial charge < -0.3 is 5.32 Å². The van der Waals surface area contributed by atoms with Crippen molar-refractivity contribution >= 4 is 33.0 Å². The maximum absolute atomic E-state index is 12.6. The molecular weight excluding hydrogens is 368 g/mol. The number of carbonyl (C=O) groups is 1. The van der Waals surface area contributed by atoms with Crippen LogP contribution in [-0.2, 0) is 21.2 Å². The summed E-state index contributed by atoms with van der Waals surface area (Å²) >= 11 is 1.19. The Kier molecular flexibility index (Phi) is 5.79. The van der Waals surface area contributed by atoms with E-state index in [4.69, 9.17) is 0 Å². The summed E-state index contributed by atoms with van der Waals surface area (Å²) in [6, 6.07) is 11.1. The molecule has 0 radical (unpaired) electrons. The zero-order valence-corrected chi connectivity index (χ0v) is 16.7. The lowest BCUT2D eigenvalue weighted by molar-refractivity contribution is -0.115. The summed E-state index contributed by atoms with van der Waals surface area (Å²) in [7, 11) is -3.41. The van der Waals surface area contributed by atoms with Gasteiger partial charge in [0.2, 0.25) is 5.91 Å². The van der Waals surface area contributed by atoms with E-state index in [9.17, 15) is 13.2 Å². The molecule has 1 aliphatic heterocycles. The van der Waals surface area contributed by atoms with Crippen LogP contribution in [0.2, 0.25) is 0 Å². The number of thiophene rings is 1. The van der Waals surface area contributed by atoms with Crippen LogP contribution in [0.1, 0.15) is 43.0 Å². The molecule has 1 fully saturated rings. The molecule has 0 unspecified atom stereocenters. The predicted molar refractivity (Wildman–Crippen MR) is 105 cm³/mol. The van der Waals surface area contributed by atoms with E-state index < -0.39 is 10.0 Å². The van der Waals surface area contributed by atoms with E-state index in [0.717, 1.165) is 29.0 Å². The van der Waals surface area contributed by atoms with Crippen molar-refractivity contribution in [2.75, 3.05) is 18.4 Å². The van der Waals surface area contributed by atoms with Gasteiger partial charge in [0, 0.05) is 23.7 Å². The summed E-state index contributed by atoms with van der Waals surface area (Å²) < 4.78 is 27.0. The Morgan fingerprint density at radius 2 is 1.85 bits per heavy atom. The monoisotopic (exact) mass is 392 g/mol. The van der Waals surface area contributed by atoms with Gasteiger partial charge in [0.15, 0.2) is 0 Å². The quantitative estimate of drug-likeness (QED) is 0.812. The van der Waals surface area contributed by atoms with Crippen molar-refractivity contribution < 1.29 is 13.2 Å². The zero-order chi connectivity index (χ0) is 18.7. The van der Waals surface area contributed by atoms with Gasteiger partial charge in [-0.3, -0.25) is 4.79 Å². The van der Waals surface area contributed by atoms with Crippen LogP contribution in [0.5, 0.6) is 0 Å². The fourth-order valence-corrected chi connectivity index (χ4v) is 6.14. The average molecular weight is 393 g/mol. The van der Waals surface area contributed by atoms with Gasteiger partial charge in [-0.05, 0) is 42.5 Å². The molecule has 0 aliphatic carbocycles. The predicted octanol–water partition coefficient (Wildman–Crippen LogP) is 3.84. The summed E-state index contributed by atoms with van der Waals surface area (Å²) in [5.74, 6) is 0.176. The lowest BCUT2D eigenvalue weighted by Gasteiger charge is -2.14. The standard InChI is InChI=1S/C19H24N2O3S2/c1-14(2)16-7-3-4-8-17(16)20-18(22)13-15-9-10-19(25-15)26(23,24)21-11-5-6-12-21/h3-4,7-10,14H,5-6,11-13H2,1-2H3,(H,20,22). The molecule has 1 saturated heterocycles. The highest BCUT2D eigenvalue weighted by molar-refractivity contribution is 7.91. The van der Waals surface area contributed by atoms with E-state index in [0.29, 0.717) is 23.2 Å². The summed E-state index contributed by atoms with van der Waals surface area (Å²) in [5, 5.41) is 2.95. The highest BCUT2D eigenvalue weighted by Crippen LogP contribution is 2.28. The number of para-hydroxylation sites is 1. The Labute approximate surface area is 159 Å². The molecule has 0 bridgehead atoms. The number of rotatable bonds is 6. The van der Waals surface area contributed by atoms with E-state index in [1.54, 1.807) is 12.1 Å². The first kappa shape index (κ1) is 19.1. The molecule has 2 heterocycles. The highest BCUT2D eigenvalue weighted by atomic mass is 32.2. The third kappa shape index (κ3) is 4.16. The second-order valence-corrected chi connectivity index (χ2v) is 10.1. The topological polar surface area (TPSA) is 66.5 Å². The molecule has 0 saturated carbocycles. The van der Waals surface area contributed by atoms with E-state index in [-0.39, 0.29) is 12.3 Å². The van der Waals surface area contributed by atoms with E-state index in [1.165, 1.54) is 15.6 Å². The molecule has 140 valence electrons. The number of nitrogens with one attached hydrogen (secondary N) is 1. The Hall–Kier alpha value is -1.70. The number of sulfonamides is 1. The lowest BCUT2D eigenvalue weighted by atomic mass is 10.0. The second kappa shape index (κ2) is 7.90. The van der Waals surface area contributed by atoms with Crippen LogP contribution >= 0.6 is 11.3 Å². The number of nitrogens with zero attached hydrogens (tertiary/aromatic N) is 1. The van der Waals surface area contributed by atoms with Crippen molar-refractivity contribution in [2.45, 2.75) is 43.2 Å². The highest BCUT2D eigenvalue weighted by Gasteiger charge is 2.28. The van der Waals surface area contributed by atoms with Crippen LogP contribution in [0.25, 0.3) is 0 Å². The van der Waals surface area contributed by atoms with Crippen LogP contribution in [0.15, 0.2) is 40.6 Å². The molecule has 0 atom stereocenters. The number of anilines is 1. The van der Waals surface area contributed by atoms with Gasteiger partial charge >= 0.3 is 0 Å². The smallest absolute Gasteiger partial charge is 0.252 e. The van der Waals surface area contributed by atoms with E-state index in [2.05, 4.69) is 19.2 Å². The summed E-state index contributed by atoms with van der Waals surface area (Å²) in [6.07, 6.45) is 2.00. The Bertz CT molecular complexity index is 882. The minimum atomic E-state index is -3.41. The fourth-order valence-electron chi connectivity index (χ4n) is 3.11. The van der Waals surface area contributed by atoms with Crippen LogP contribution in [0, 0.1) is 0 Å². The Morgan fingerprint density at radius 3 is 2.54 bits per heavy atom. The number of amides is 1. The largest absolute Gasteiger partial charge is 0.326 e. The molecule has 1 aromatic carbocycles. The minimum absolute atomic E-state index is 0.134. The molecule has 1 N–H and O–H groups in total. The first-order valence-corrected chi connectivity index (χ1v) is 11.1. The molecule has 7 heteroatoms. The first-order chi connectivity index (χ1) is 12.4. The van der Waals surface area contributed by atoms with Crippen LogP contribution < -0.4 is 5.32 Å². The summed E-state index contributed by atoms with van der Waals surface area (Å²) in [6.45, 7) is 5.34. The summed E-state index contributed by atoms with van der Waals surface area (Å²) in [5.41, 5.74) is 1.90. The first-order valence-electron chi connectivity index (χ1n) is 8.85. The number of carbonyl (C=O) groups excluding carboxylic acids is 1. The van der Waals surface area contributed by atoms with Crippen molar-refractivity contribution in [1.82, 2.24) is 4.31 Å². The molecule has 0 spiro atoms. The second-order valence-electron chi connectivity index (χ2n) is 6.80. The maximum Gasteiger partial charge on any atom is 0.252 e. The van der Waals surface area contributed by atoms with Crippen molar-refractivity contribution in [3.63, 3.8) is 0 Å². The Balaban J connectivity index is 1.69. The SMILES string of the molecule is CC(C)c1ccccc1NC(=O)Cc1ccc(S(=O)(=O)N2CCCC2)s1. The van der Waals surface area contributed by atoms with Gasteiger partial charge in [0.05, 0.1) is 6.42 Å². The van der Waals surface area contributed by atoms with Gasteiger partial charge in [-0.2, -0.15) is 4.31 Å². The maximum atomic E-state index is 12.6. The number of hydrogen-bond acceptors (Lipinski definition) is 4. The van der Waals surface area contributed by atoms with Crippen LogP contribution in [-0.4, -0.2) is 31.7 Å². The minimum Gasteiger partial charge on any atom is -0.326 e.